The number of hydrogen-bond acceptors (Lipinski definition) is 4. The molecule has 1 aromatic carbocycles. The van der Waals surface area contributed by atoms with Gasteiger partial charge in [-0.3, -0.25) is 4.79 Å². The van der Waals surface area contributed by atoms with Gasteiger partial charge in [-0.2, -0.15) is 0 Å². The summed E-state index contributed by atoms with van der Waals surface area (Å²) in [5, 5.41) is 11.4. The van der Waals surface area contributed by atoms with Crippen LogP contribution in [0.3, 0.4) is 0 Å². The molecule has 0 aromatic heterocycles. The van der Waals surface area contributed by atoms with Gasteiger partial charge in [0.1, 0.15) is 5.75 Å². The molecular formula is C13H20N2O3. The number of carbonyl (C=O) groups is 1. The van der Waals surface area contributed by atoms with Gasteiger partial charge in [-0.15, -0.1) is 0 Å². The number of carboxylic acids is 1. The normalized spacial score (nSPS) is 10.7. The zero-order chi connectivity index (χ0) is 13.5. The Balaban J connectivity index is 2.70. The standard InChI is InChI=1S/C13H20N2O3/c1-15(2)9-10-4-5-11(12(6-10)18-3)7-14-8-13(16)17/h4-6,14H,7-9H2,1-3H3,(H,16,17). The van der Waals surface area contributed by atoms with Gasteiger partial charge in [-0.05, 0) is 25.7 Å². The zero-order valence-electron chi connectivity index (χ0n) is 11.1. The fourth-order valence-corrected chi connectivity index (χ4v) is 1.70. The van der Waals surface area contributed by atoms with Gasteiger partial charge in [-0.1, -0.05) is 12.1 Å². The van der Waals surface area contributed by atoms with E-state index < -0.39 is 5.97 Å². The van der Waals surface area contributed by atoms with E-state index in [9.17, 15) is 4.79 Å². The van der Waals surface area contributed by atoms with Crippen LogP contribution in [0.2, 0.25) is 0 Å². The predicted molar refractivity (Wildman–Crippen MR) is 69.7 cm³/mol. The second kappa shape index (κ2) is 6.98. The van der Waals surface area contributed by atoms with Gasteiger partial charge in [-0.25, -0.2) is 0 Å². The molecule has 0 aliphatic carbocycles. The molecule has 0 spiro atoms. The van der Waals surface area contributed by atoms with Gasteiger partial charge in [0.25, 0.3) is 0 Å². The summed E-state index contributed by atoms with van der Waals surface area (Å²) in [5.74, 6) is -0.0783. The van der Waals surface area contributed by atoms with Crippen LogP contribution in [-0.2, 0) is 17.9 Å². The van der Waals surface area contributed by atoms with Gasteiger partial charge in [0.2, 0.25) is 0 Å². The lowest BCUT2D eigenvalue weighted by molar-refractivity contribution is -0.136. The highest BCUT2D eigenvalue weighted by Crippen LogP contribution is 2.20. The minimum atomic E-state index is -0.863. The molecule has 0 unspecified atom stereocenters. The fraction of sp³-hybridized carbons (Fsp3) is 0.462. The first-order valence-corrected chi connectivity index (χ1v) is 5.76. The highest BCUT2D eigenvalue weighted by Gasteiger charge is 2.06. The second-order valence-corrected chi connectivity index (χ2v) is 4.38. The molecule has 0 saturated carbocycles. The van der Waals surface area contributed by atoms with Crippen molar-refractivity contribution in [3.63, 3.8) is 0 Å². The first-order chi connectivity index (χ1) is 8.52. The molecule has 1 rings (SSSR count). The first kappa shape index (κ1) is 14.5. The molecule has 0 amide bonds. The molecule has 18 heavy (non-hydrogen) atoms. The molecule has 100 valence electrons. The summed E-state index contributed by atoms with van der Waals surface area (Å²) in [5.41, 5.74) is 2.13. The van der Waals surface area contributed by atoms with Crippen molar-refractivity contribution in [2.75, 3.05) is 27.7 Å². The van der Waals surface area contributed by atoms with E-state index in [2.05, 4.69) is 10.2 Å². The zero-order valence-corrected chi connectivity index (χ0v) is 11.1. The fourth-order valence-electron chi connectivity index (χ4n) is 1.70. The number of hydrogen-bond donors (Lipinski definition) is 2. The monoisotopic (exact) mass is 252 g/mol. The lowest BCUT2D eigenvalue weighted by Crippen LogP contribution is -2.22. The van der Waals surface area contributed by atoms with Crippen molar-refractivity contribution in [1.29, 1.82) is 0 Å². The van der Waals surface area contributed by atoms with E-state index in [-0.39, 0.29) is 6.54 Å². The summed E-state index contributed by atoms with van der Waals surface area (Å²) in [4.78, 5) is 12.5. The van der Waals surface area contributed by atoms with Crippen LogP contribution in [0.5, 0.6) is 5.75 Å². The van der Waals surface area contributed by atoms with Crippen LogP contribution in [0, 0.1) is 0 Å². The molecule has 0 aliphatic heterocycles. The molecule has 0 heterocycles. The van der Waals surface area contributed by atoms with Crippen LogP contribution >= 0.6 is 0 Å². The number of rotatable bonds is 7. The van der Waals surface area contributed by atoms with Crippen LogP contribution in [0.25, 0.3) is 0 Å². The Hall–Kier alpha value is -1.59. The third-order valence-corrected chi connectivity index (χ3v) is 2.44. The third kappa shape index (κ3) is 4.73. The number of carboxylic acid groups (broad SMARTS) is 1. The van der Waals surface area contributed by atoms with Gasteiger partial charge >= 0.3 is 5.97 Å². The number of ether oxygens (including phenoxy) is 1. The predicted octanol–water partition coefficient (Wildman–Crippen LogP) is 0.931. The van der Waals surface area contributed by atoms with Crippen molar-refractivity contribution in [2.45, 2.75) is 13.1 Å². The van der Waals surface area contributed by atoms with Crippen LogP contribution in [-0.4, -0.2) is 43.7 Å². The average Bonchev–Trinajstić information content (AvgIpc) is 2.29. The largest absolute Gasteiger partial charge is 0.496 e. The smallest absolute Gasteiger partial charge is 0.317 e. The van der Waals surface area contributed by atoms with Gasteiger partial charge < -0.3 is 20.1 Å². The van der Waals surface area contributed by atoms with Crippen molar-refractivity contribution in [2.24, 2.45) is 0 Å². The van der Waals surface area contributed by atoms with Crippen molar-refractivity contribution in [3.8, 4) is 5.75 Å². The Bertz CT molecular complexity index is 405. The second-order valence-electron chi connectivity index (χ2n) is 4.38. The SMILES string of the molecule is COc1cc(CN(C)C)ccc1CNCC(=O)O. The van der Waals surface area contributed by atoms with Gasteiger partial charge in [0.15, 0.2) is 0 Å². The summed E-state index contributed by atoms with van der Waals surface area (Å²) in [6.45, 7) is 1.28. The van der Waals surface area contributed by atoms with Gasteiger partial charge in [0.05, 0.1) is 13.7 Å². The average molecular weight is 252 g/mol. The summed E-state index contributed by atoms with van der Waals surface area (Å²) in [7, 11) is 5.64. The summed E-state index contributed by atoms with van der Waals surface area (Å²) < 4.78 is 5.32. The molecule has 0 bridgehead atoms. The summed E-state index contributed by atoms with van der Waals surface area (Å²) in [6.07, 6.45) is 0. The van der Waals surface area contributed by atoms with E-state index in [1.807, 2.05) is 32.3 Å². The van der Waals surface area contributed by atoms with Crippen molar-refractivity contribution >= 4 is 5.97 Å². The van der Waals surface area contributed by atoms with E-state index in [1.165, 1.54) is 5.56 Å². The van der Waals surface area contributed by atoms with E-state index in [0.29, 0.717) is 6.54 Å². The Labute approximate surface area is 107 Å². The Morgan fingerprint density at radius 3 is 2.72 bits per heavy atom. The minimum Gasteiger partial charge on any atom is -0.496 e. The first-order valence-electron chi connectivity index (χ1n) is 5.76. The minimum absolute atomic E-state index is 0.0530. The maximum atomic E-state index is 10.4. The highest BCUT2D eigenvalue weighted by molar-refractivity contribution is 5.69. The van der Waals surface area contributed by atoms with Crippen LogP contribution < -0.4 is 10.1 Å². The molecule has 0 radical (unpaired) electrons. The van der Waals surface area contributed by atoms with E-state index in [4.69, 9.17) is 9.84 Å². The number of nitrogens with one attached hydrogen (secondary N) is 1. The molecule has 0 saturated heterocycles. The molecule has 0 aliphatic rings. The van der Waals surface area contributed by atoms with Crippen molar-refractivity contribution in [1.82, 2.24) is 10.2 Å². The number of aliphatic carboxylic acids is 1. The quantitative estimate of drug-likeness (QED) is 0.756. The highest BCUT2D eigenvalue weighted by atomic mass is 16.5. The molecular weight excluding hydrogens is 232 g/mol. The number of methoxy groups -OCH3 is 1. The van der Waals surface area contributed by atoms with E-state index in [1.54, 1.807) is 7.11 Å². The Kier molecular flexibility index (Phi) is 5.61. The number of nitrogens with zero attached hydrogens (tertiary/aromatic N) is 1. The summed E-state index contributed by atoms with van der Waals surface area (Å²) in [6, 6.07) is 5.98. The molecule has 2 N–H and O–H groups in total. The molecule has 5 nitrogen and oxygen atoms in total. The van der Waals surface area contributed by atoms with Crippen LogP contribution in [0.15, 0.2) is 18.2 Å². The van der Waals surface area contributed by atoms with Crippen molar-refractivity contribution in [3.05, 3.63) is 29.3 Å². The Morgan fingerprint density at radius 2 is 2.17 bits per heavy atom. The maximum absolute atomic E-state index is 10.4. The maximum Gasteiger partial charge on any atom is 0.317 e. The number of benzene rings is 1. The summed E-state index contributed by atoms with van der Waals surface area (Å²) >= 11 is 0. The Morgan fingerprint density at radius 1 is 1.44 bits per heavy atom. The lowest BCUT2D eigenvalue weighted by Gasteiger charge is -2.13. The van der Waals surface area contributed by atoms with Crippen molar-refractivity contribution < 1.29 is 14.6 Å². The molecule has 0 fully saturated rings. The van der Waals surface area contributed by atoms with E-state index in [0.717, 1.165) is 17.9 Å². The lowest BCUT2D eigenvalue weighted by atomic mass is 10.1. The van der Waals surface area contributed by atoms with Gasteiger partial charge in [0, 0.05) is 18.7 Å². The van der Waals surface area contributed by atoms with E-state index >= 15 is 0 Å². The third-order valence-electron chi connectivity index (χ3n) is 2.44. The molecule has 1 aromatic rings. The molecule has 5 heteroatoms. The topological polar surface area (TPSA) is 61.8 Å². The van der Waals surface area contributed by atoms with Crippen LogP contribution in [0.1, 0.15) is 11.1 Å². The van der Waals surface area contributed by atoms with Crippen LogP contribution in [0.4, 0.5) is 0 Å². The molecule has 0 atom stereocenters.